The summed E-state index contributed by atoms with van der Waals surface area (Å²) in [6.07, 6.45) is 1.85. The Morgan fingerprint density at radius 2 is 2.21 bits per heavy atom. The standard InChI is InChI=1S/C13H11Cl2N3S/c1-8-4-10-13(16-6-8)18(12(5-14)17-10)7-9-2-3-11(15)19-9/h2-4,6H,5,7H2,1H3. The van der Waals surface area contributed by atoms with Crippen molar-refractivity contribution in [3.05, 3.63) is 45.0 Å². The smallest absolute Gasteiger partial charge is 0.160 e. The maximum atomic E-state index is 5.98. The predicted octanol–water partition coefficient (Wildman–Crippen LogP) is 4.24. The molecule has 0 fully saturated rings. The van der Waals surface area contributed by atoms with Crippen LogP contribution in [-0.2, 0) is 12.4 Å². The molecule has 0 aliphatic carbocycles. The SMILES string of the molecule is Cc1cnc2c(c1)nc(CCl)n2Cc1ccc(Cl)s1. The summed E-state index contributed by atoms with van der Waals surface area (Å²) < 4.78 is 2.83. The van der Waals surface area contributed by atoms with Crippen LogP contribution < -0.4 is 0 Å². The van der Waals surface area contributed by atoms with Gasteiger partial charge in [-0.15, -0.1) is 22.9 Å². The van der Waals surface area contributed by atoms with Crippen molar-refractivity contribution in [2.24, 2.45) is 0 Å². The number of alkyl halides is 1. The third-order valence-electron chi connectivity index (χ3n) is 2.86. The van der Waals surface area contributed by atoms with E-state index in [-0.39, 0.29) is 0 Å². The summed E-state index contributed by atoms with van der Waals surface area (Å²) in [6, 6.07) is 5.94. The van der Waals surface area contributed by atoms with Crippen molar-refractivity contribution >= 4 is 45.7 Å². The van der Waals surface area contributed by atoms with Crippen LogP contribution in [0, 0.1) is 6.92 Å². The van der Waals surface area contributed by atoms with Crippen molar-refractivity contribution < 1.29 is 0 Å². The van der Waals surface area contributed by atoms with Crippen LogP contribution in [0.3, 0.4) is 0 Å². The first-order chi connectivity index (χ1) is 9.17. The molecule has 98 valence electrons. The van der Waals surface area contributed by atoms with Gasteiger partial charge in [0, 0.05) is 11.1 Å². The van der Waals surface area contributed by atoms with Gasteiger partial charge in [0.1, 0.15) is 11.3 Å². The number of thiophene rings is 1. The van der Waals surface area contributed by atoms with E-state index in [0.29, 0.717) is 12.4 Å². The first-order valence-electron chi connectivity index (χ1n) is 5.79. The van der Waals surface area contributed by atoms with Gasteiger partial charge >= 0.3 is 0 Å². The van der Waals surface area contributed by atoms with Crippen LogP contribution in [0.15, 0.2) is 24.4 Å². The van der Waals surface area contributed by atoms with Crippen LogP contribution in [0.5, 0.6) is 0 Å². The quantitative estimate of drug-likeness (QED) is 0.677. The number of imidazole rings is 1. The summed E-state index contributed by atoms with van der Waals surface area (Å²) in [5.74, 6) is 1.20. The molecule has 0 bridgehead atoms. The fraction of sp³-hybridized carbons (Fsp3) is 0.231. The number of aryl methyl sites for hydroxylation is 1. The second-order valence-electron chi connectivity index (χ2n) is 4.31. The van der Waals surface area contributed by atoms with E-state index in [9.17, 15) is 0 Å². The van der Waals surface area contributed by atoms with Gasteiger partial charge in [-0.25, -0.2) is 9.97 Å². The van der Waals surface area contributed by atoms with E-state index in [4.69, 9.17) is 23.2 Å². The fourth-order valence-corrected chi connectivity index (χ4v) is 3.30. The molecule has 0 atom stereocenters. The summed E-state index contributed by atoms with van der Waals surface area (Å²) in [5.41, 5.74) is 2.85. The molecule has 3 nitrogen and oxygen atoms in total. The third kappa shape index (κ3) is 2.48. The lowest BCUT2D eigenvalue weighted by atomic mass is 10.3. The summed E-state index contributed by atoms with van der Waals surface area (Å²) in [6.45, 7) is 2.71. The molecule has 0 N–H and O–H groups in total. The number of hydrogen-bond acceptors (Lipinski definition) is 3. The van der Waals surface area contributed by atoms with Gasteiger partial charge in [-0.05, 0) is 30.7 Å². The first-order valence-corrected chi connectivity index (χ1v) is 7.52. The highest BCUT2D eigenvalue weighted by molar-refractivity contribution is 7.16. The number of halogens is 2. The Hall–Kier alpha value is -1.10. The summed E-state index contributed by atoms with van der Waals surface area (Å²) in [5, 5.41) is 0. The van der Waals surface area contributed by atoms with Crippen molar-refractivity contribution in [3.8, 4) is 0 Å². The van der Waals surface area contributed by atoms with E-state index >= 15 is 0 Å². The predicted molar refractivity (Wildman–Crippen MR) is 80.3 cm³/mol. The largest absolute Gasteiger partial charge is 0.306 e. The number of hydrogen-bond donors (Lipinski definition) is 0. The molecule has 3 heterocycles. The number of rotatable bonds is 3. The van der Waals surface area contributed by atoms with Crippen LogP contribution in [0.4, 0.5) is 0 Å². The lowest BCUT2D eigenvalue weighted by Crippen LogP contribution is -2.03. The van der Waals surface area contributed by atoms with Crippen LogP contribution in [0.25, 0.3) is 11.2 Å². The number of fused-ring (bicyclic) bond motifs is 1. The molecule has 3 aromatic heterocycles. The summed E-state index contributed by atoms with van der Waals surface area (Å²) in [7, 11) is 0. The molecule has 0 radical (unpaired) electrons. The number of nitrogens with zero attached hydrogens (tertiary/aromatic N) is 3. The highest BCUT2D eigenvalue weighted by Crippen LogP contribution is 2.25. The zero-order valence-electron chi connectivity index (χ0n) is 10.2. The molecule has 0 unspecified atom stereocenters. The molecule has 0 aliphatic rings. The Labute approximate surface area is 124 Å². The molecule has 3 rings (SSSR count). The molecule has 6 heteroatoms. The number of aromatic nitrogens is 3. The average molecular weight is 312 g/mol. The Bertz CT molecular complexity index is 733. The van der Waals surface area contributed by atoms with E-state index in [1.165, 1.54) is 0 Å². The van der Waals surface area contributed by atoms with Crippen LogP contribution in [-0.4, -0.2) is 14.5 Å². The number of pyridine rings is 1. The van der Waals surface area contributed by atoms with Gasteiger partial charge < -0.3 is 4.57 Å². The second-order valence-corrected chi connectivity index (χ2v) is 6.38. The molecular formula is C13H11Cl2N3S. The maximum Gasteiger partial charge on any atom is 0.160 e. The second kappa shape index (κ2) is 5.12. The van der Waals surface area contributed by atoms with Crippen molar-refractivity contribution in [3.63, 3.8) is 0 Å². The minimum absolute atomic E-state index is 0.370. The van der Waals surface area contributed by atoms with Gasteiger partial charge in [-0.1, -0.05) is 11.6 Å². The van der Waals surface area contributed by atoms with Gasteiger partial charge in [0.2, 0.25) is 0 Å². The van der Waals surface area contributed by atoms with E-state index in [1.54, 1.807) is 11.3 Å². The molecule has 0 aromatic carbocycles. The molecule has 3 aromatic rings. The lowest BCUT2D eigenvalue weighted by molar-refractivity contribution is 0.780. The molecule has 19 heavy (non-hydrogen) atoms. The molecule has 0 spiro atoms. The van der Waals surface area contributed by atoms with Gasteiger partial charge in [0.05, 0.1) is 16.8 Å². The summed E-state index contributed by atoms with van der Waals surface area (Å²) in [4.78, 5) is 10.2. The van der Waals surface area contributed by atoms with Crippen molar-refractivity contribution in [2.45, 2.75) is 19.3 Å². The Kier molecular flexibility index (Phi) is 3.48. The Balaban J connectivity index is 2.10. The molecule has 0 saturated heterocycles. The summed E-state index contributed by atoms with van der Waals surface area (Å²) >= 11 is 13.5. The first kappa shape index (κ1) is 12.9. The van der Waals surface area contributed by atoms with E-state index in [1.807, 2.05) is 35.9 Å². The van der Waals surface area contributed by atoms with Crippen LogP contribution >= 0.6 is 34.5 Å². The molecular weight excluding hydrogens is 301 g/mol. The molecule has 0 amide bonds. The normalized spacial score (nSPS) is 11.3. The zero-order chi connectivity index (χ0) is 13.4. The van der Waals surface area contributed by atoms with Gasteiger partial charge in [-0.2, -0.15) is 0 Å². The monoisotopic (exact) mass is 311 g/mol. The van der Waals surface area contributed by atoms with E-state index < -0.39 is 0 Å². The van der Waals surface area contributed by atoms with Crippen LogP contribution in [0.2, 0.25) is 4.34 Å². The van der Waals surface area contributed by atoms with Crippen LogP contribution in [0.1, 0.15) is 16.3 Å². The van der Waals surface area contributed by atoms with Gasteiger partial charge in [0.15, 0.2) is 5.65 Å². The highest BCUT2D eigenvalue weighted by atomic mass is 35.5. The average Bonchev–Trinajstić information content (AvgIpc) is 2.94. The molecule has 0 aliphatic heterocycles. The topological polar surface area (TPSA) is 30.7 Å². The zero-order valence-corrected chi connectivity index (χ0v) is 12.6. The third-order valence-corrected chi connectivity index (χ3v) is 4.32. The fourth-order valence-electron chi connectivity index (χ4n) is 2.02. The van der Waals surface area contributed by atoms with Crippen molar-refractivity contribution in [2.75, 3.05) is 0 Å². The van der Waals surface area contributed by atoms with Crippen molar-refractivity contribution in [1.82, 2.24) is 14.5 Å². The minimum Gasteiger partial charge on any atom is -0.306 e. The Morgan fingerprint density at radius 3 is 2.89 bits per heavy atom. The van der Waals surface area contributed by atoms with E-state index in [0.717, 1.165) is 31.8 Å². The van der Waals surface area contributed by atoms with Gasteiger partial charge in [-0.3, -0.25) is 0 Å². The minimum atomic E-state index is 0.370. The lowest BCUT2D eigenvalue weighted by Gasteiger charge is -2.05. The van der Waals surface area contributed by atoms with Crippen molar-refractivity contribution in [1.29, 1.82) is 0 Å². The molecule has 0 saturated carbocycles. The van der Waals surface area contributed by atoms with Gasteiger partial charge in [0.25, 0.3) is 0 Å². The Morgan fingerprint density at radius 1 is 1.37 bits per heavy atom. The highest BCUT2D eigenvalue weighted by Gasteiger charge is 2.12. The maximum absolute atomic E-state index is 5.98. The van der Waals surface area contributed by atoms with E-state index in [2.05, 4.69) is 9.97 Å².